The summed E-state index contributed by atoms with van der Waals surface area (Å²) in [5.41, 5.74) is 2.10. The van der Waals surface area contributed by atoms with Crippen molar-refractivity contribution in [3.63, 3.8) is 0 Å². The van der Waals surface area contributed by atoms with E-state index in [-0.39, 0.29) is 5.60 Å². The van der Waals surface area contributed by atoms with Crippen molar-refractivity contribution in [1.82, 2.24) is 4.98 Å². The van der Waals surface area contributed by atoms with Gasteiger partial charge in [0.25, 0.3) is 0 Å². The summed E-state index contributed by atoms with van der Waals surface area (Å²) in [6, 6.07) is 8.34. The van der Waals surface area contributed by atoms with Crippen LogP contribution in [0.1, 0.15) is 44.0 Å². The average Bonchev–Trinajstić information content (AvgIpc) is 3.00. The molecule has 21 heavy (non-hydrogen) atoms. The van der Waals surface area contributed by atoms with Gasteiger partial charge in [0.05, 0.1) is 5.69 Å². The summed E-state index contributed by atoms with van der Waals surface area (Å²) in [6.45, 7) is 2.84. The first-order chi connectivity index (χ1) is 10.2. The molecule has 0 aliphatic heterocycles. The van der Waals surface area contributed by atoms with Crippen molar-refractivity contribution >= 4 is 27.3 Å². The van der Waals surface area contributed by atoms with Crippen LogP contribution in [0.15, 0.2) is 34.1 Å². The molecular formula is C17H20BrNOS. The van der Waals surface area contributed by atoms with Crippen molar-refractivity contribution in [2.45, 2.75) is 44.6 Å². The van der Waals surface area contributed by atoms with E-state index in [0.29, 0.717) is 0 Å². The minimum Gasteiger partial charge on any atom is -0.368 e. The van der Waals surface area contributed by atoms with Crippen LogP contribution in [0.2, 0.25) is 0 Å². The monoisotopic (exact) mass is 365 g/mol. The molecule has 112 valence electrons. The van der Waals surface area contributed by atoms with Gasteiger partial charge in [-0.3, -0.25) is 0 Å². The Bertz CT molecular complexity index is 582. The summed E-state index contributed by atoms with van der Waals surface area (Å²) >= 11 is 5.22. The maximum atomic E-state index is 6.17. The molecular weight excluding hydrogens is 346 g/mol. The van der Waals surface area contributed by atoms with Crippen molar-refractivity contribution in [2.24, 2.45) is 0 Å². The highest BCUT2D eigenvalue weighted by Gasteiger charge is 2.37. The summed E-state index contributed by atoms with van der Waals surface area (Å²) in [4.78, 5) is 4.90. The van der Waals surface area contributed by atoms with E-state index in [1.54, 1.807) is 11.3 Å². The highest BCUT2D eigenvalue weighted by molar-refractivity contribution is 9.10. The van der Waals surface area contributed by atoms with E-state index >= 15 is 0 Å². The van der Waals surface area contributed by atoms with E-state index in [1.807, 2.05) is 0 Å². The van der Waals surface area contributed by atoms with Crippen molar-refractivity contribution in [3.05, 3.63) is 39.1 Å². The molecule has 1 fully saturated rings. The highest BCUT2D eigenvalue weighted by Crippen LogP contribution is 2.42. The normalized spacial score (nSPS) is 17.8. The summed E-state index contributed by atoms with van der Waals surface area (Å²) < 4.78 is 7.26. The Labute approximate surface area is 138 Å². The zero-order valence-electron chi connectivity index (χ0n) is 12.3. The minimum absolute atomic E-state index is 0.134. The van der Waals surface area contributed by atoms with Gasteiger partial charge in [-0.15, -0.1) is 11.3 Å². The smallest absolute Gasteiger partial charge is 0.125 e. The second kappa shape index (κ2) is 6.59. The third kappa shape index (κ3) is 3.22. The van der Waals surface area contributed by atoms with Gasteiger partial charge in [0.1, 0.15) is 10.6 Å². The fourth-order valence-electron chi connectivity index (χ4n) is 3.06. The van der Waals surface area contributed by atoms with Crippen LogP contribution in [0.25, 0.3) is 11.3 Å². The van der Waals surface area contributed by atoms with Crippen LogP contribution in [0.5, 0.6) is 0 Å². The van der Waals surface area contributed by atoms with Crippen LogP contribution in [0, 0.1) is 0 Å². The quantitative estimate of drug-likeness (QED) is 0.685. The first-order valence-electron chi connectivity index (χ1n) is 7.59. The van der Waals surface area contributed by atoms with Crippen LogP contribution >= 0.6 is 27.3 Å². The molecule has 1 saturated carbocycles. The van der Waals surface area contributed by atoms with Crippen LogP contribution in [0.3, 0.4) is 0 Å². The Balaban J connectivity index is 1.90. The van der Waals surface area contributed by atoms with E-state index in [9.17, 15) is 0 Å². The number of ether oxygens (including phenoxy) is 1. The molecule has 1 aromatic heterocycles. The molecule has 4 heteroatoms. The number of halogens is 1. The lowest BCUT2D eigenvalue weighted by Gasteiger charge is -2.35. The van der Waals surface area contributed by atoms with E-state index in [4.69, 9.17) is 9.72 Å². The molecule has 0 amide bonds. The molecule has 0 N–H and O–H groups in total. The molecule has 1 aliphatic rings. The summed E-state index contributed by atoms with van der Waals surface area (Å²) in [7, 11) is 0. The molecule has 2 nitrogen and oxygen atoms in total. The van der Waals surface area contributed by atoms with Crippen molar-refractivity contribution < 1.29 is 4.74 Å². The predicted molar refractivity (Wildman–Crippen MR) is 91.6 cm³/mol. The minimum atomic E-state index is -0.134. The maximum Gasteiger partial charge on any atom is 0.125 e. The standard InChI is InChI=1S/C17H20BrNOS/c1-2-20-17(10-4-3-5-11-17)16-19-15(12-21-16)13-6-8-14(18)9-7-13/h6-9,12H,2-5,10-11H2,1H3. The van der Waals surface area contributed by atoms with Crippen molar-refractivity contribution in [1.29, 1.82) is 0 Å². The van der Waals surface area contributed by atoms with Gasteiger partial charge < -0.3 is 4.74 Å². The molecule has 1 aromatic carbocycles. The maximum absolute atomic E-state index is 6.17. The summed E-state index contributed by atoms with van der Waals surface area (Å²) in [5, 5.41) is 3.32. The zero-order chi connectivity index (χ0) is 14.7. The predicted octanol–water partition coefficient (Wildman–Crippen LogP) is 5.77. The number of thiazole rings is 1. The zero-order valence-corrected chi connectivity index (χ0v) is 14.7. The van der Waals surface area contributed by atoms with Gasteiger partial charge in [0.2, 0.25) is 0 Å². The molecule has 3 rings (SSSR count). The molecule has 1 heterocycles. The van der Waals surface area contributed by atoms with Gasteiger partial charge in [-0.2, -0.15) is 0 Å². The second-order valence-electron chi connectivity index (χ2n) is 5.53. The molecule has 0 spiro atoms. The SMILES string of the molecule is CCOC1(c2nc(-c3ccc(Br)cc3)cs2)CCCCC1. The lowest BCUT2D eigenvalue weighted by Crippen LogP contribution is -2.32. The van der Waals surface area contributed by atoms with E-state index in [1.165, 1.54) is 24.8 Å². The number of benzene rings is 1. The van der Waals surface area contributed by atoms with Crippen LogP contribution in [-0.4, -0.2) is 11.6 Å². The highest BCUT2D eigenvalue weighted by atomic mass is 79.9. The van der Waals surface area contributed by atoms with Crippen LogP contribution in [-0.2, 0) is 10.3 Å². The number of nitrogens with zero attached hydrogens (tertiary/aromatic N) is 1. The van der Waals surface area contributed by atoms with E-state index < -0.39 is 0 Å². The molecule has 0 radical (unpaired) electrons. The van der Waals surface area contributed by atoms with E-state index in [0.717, 1.165) is 34.6 Å². The average molecular weight is 366 g/mol. The van der Waals surface area contributed by atoms with Crippen molar-refractivity contribution in [3.8, 4) is 11.3 Å². The lowest BCUT2D eigenvalue weighted by atomic mass is 9.85. The summed E-state index contributed by atoms with van der Waals surface area (Å²) in [5.74, 6) is 0. The summed E-state index contributed by atoms with van der Waals surface area (Å²) in [6.07, 6.45) is 6.02. The number of aromatic nitrogens is 1. The first kappa shape index (κ1) is 15.2. The first-order valence-corrected chi connectivity index (χ1v) is 9.27. The van der Waals surface area contributed by atoms with Gasteiger partial charge in [0.15, 0.2) is 0 Å². The molecule has 1 aliphatic carbocycles. The lowest BCUT2D eigenvalue weighted by molar-refractivity contribution is -0.0703. The molecule has 2 aromatic rings. The Morgan fingerprint density at radius 2 is 1.90 bits per heavy atom. The van der Waals surface area contributed by atoms with Crippen LogP contribution in [0.4, 0.5) is 0 Å². The Hall–Kier alpha value is -0.710. The van der Waals surface area contributed by atoms with Gasteiger partial charge in [-0.25, -0.2) is 4.98 Å². The Kier molecular flexibility index (Phi) is 4.77. The molecule has 0 unspecified atom stereocenters. The number of hydrogen-bond donors (Lipinski definition) is 0. The van der Waals surface area contributed by atoms with Gasteiger partial charge in [0, 0.05) is 22.0 Å². The second-order valence-corrected chi connectivity index (χ2v) is 7.31. The largest absolute Gasteiger partial charge is 0.368 e. The van der Waals surface area contributed by atoms with Crippen molar-refractivity contribution in [2.75, 3.05) is 6.61 Å². The number of hydrogen-bond acceptors (Lipinski definition) is 3. The third-order valence-corrected chi connectivity index (χ3v) is 5.67. The fourth-order valence-corrected chi connectivity index (χ4v) is 4.36. The topological polar surface area (TPSA) is 22.1 Å². The Morgan fingerprint density at radius 3 is 2.57 bits per heavy atom. The van der Waals surface area contributed by atoms with Gasteiger partial charge in [-0.05, 0) is 31.9 Å². The molecule has 0 saturated heterocycles. The number of rotatable bonds is 4. The third-order valence-electron chi connectivity index (χ3n) is 4.12. The van der Waals surface area contributed by atoms with Gasteiger partial charge in [-0.1, -0.05) is 47.3 Å². The van der Waals surface area contributed by atoms with E-state index in [2.05, 4.69) is 52.5 Å². The molecule has 0 bridgehead atoms. The van der Waals surface area contributed by atoms with Crippen LogP contribution < -0.4 is 0 Å². The van der Waals surface area contributed by atoms with Gasteiger partial charge >= 0.3 is 0 Å². The Morgan fingerprint density at radius 1 is 1.19 bits per heavy atom. The fraction of sp³-hybridized carbons (Fsp3) is 0.471. The molecule has 0 atom stereocenters.